The molecule has 0 atom stereocenters. The standard InChI is InChI=1S/C25H19ClN2O6/c1-31-22-12-16(9-18-24(29)27-28(25(18)30)17-5-3-2-4-6-17)10-19(26)23(22)32-13-15-7-8-20-21(11-15)34-14-33-20/h2-12H,13-14H2,1H3,(H,27,29)/b18-9-. The van der Waals surface area contributed by atoms with Crippen LogP contribution in [-0.4, -0.2) is 25.7 Å². The van der Waals surface area contributed by atoms with Gasteiger partial charge in [0.1, 0.15) is 12.2 Å². The van der Waals surface area contributed by atoms with E-state index in [0.717, 1.165) is 5.56 Å². The Kier molecular flexibility index (Phi) is 5.73. The molecular weight excluding hydrogens is 460 g/mol. The number of hydrogen-bond donors (Lipinski definition) is 1. The number of nitrogens with one attached hydrogen (secondary N) is 1. The number of para-hydroxylation sites is 1. The summed E-state index contributed by atoms with van der Waals surface area (Å²) in [5.74, 6) is 1.09. The molecule has 8 nitrogen and oxygen atoms in total. The third-order valence-corrected chi connectivity index (χ3v) is 5.57. The van der Waals surface area contributed by atoms with Gasteiger partial charge >= 0.3 is 0 Å². The maximum absolute atomic E-state index is 12.8. The predicted octanol–water partition coefficient (Wildman–Crippen LogP) is 4.12. The number of ether oxygens (including phenoxy) is 4. The second kappa shape index (κ2) is 8.99. The lowest BCUT2D eigenvalue weighted by atomic mass is 10.1. The van der Waals surface area contributed by atoms with Crippen LogP contribution in [0.15, 0.2) is 66.2 Å². The molecule has 2 amide bonds. The molecule has 34 heavy (non-hydrogen) atoms. The van der Waals surface area contributed by atoms with Gasteiger partial charge in [0.15, 0.2) is 23.0 Å². The number of amides is 2. The second-order valence-corrected chi connectivity index (χ2v) is 7.89. The highest BCUT2D eigenvalue weighted by Crippen LogP contribution is 2.39. The van der Waals surface area contributed by atoms with Crippen molar-refractivity contribution in [2.24, 2.45) is 0 Å². The highest BCUT2D eigenvalue weighted by Gasteiger charge is 2.34. The lowest BCUT2D eigenvalue weighted by molar-refractivity contribution is -0.117. The lowest BCUT2D eigenvalue weighted by Crippen LogP contribution is -2.35. The van der Waals surface area contributed by atoms with E-state index in [9.17, 15) is 9.59 Å². The van der Waals surface area contributed by atoms with Crippen molar-refractivity contribution < 1.29 is 28.5 Å². The van der Waals surface area contributed by atoms with Crippen LogP contribution in [0.25, 0.3) is 6.08 Å². The zero-order chi connectivity index (χ0) is 23.7. The molecule has 5 rings (SSSR count). The first-order chi connectivity index (χ1) is 16.5. The number of fused-ring (bicyclic) bond motifs is 1. The molecule has 0 unspecified atom stereocenters. The van der Waals surface area contributed by atoms with Crippen LogP contribution in [0, 0.1) is 0 Å². The normalized spacial score (nSPS) is 15.6. The van der Waals surface area contributed by atoms with E-state index in [0.29, 0.717) is 34.2 Å². The molecule has 0 aliphatic carbocycles. The molecule has 0 spiro atoms. The first-order valence-electron chi connectivity index (χ1n) is 10.3. The number of nitrogens with zero attached hydrogens (tertiary/aromatic N) is 1. The van der Waals surface area contributed by atoms with Crippen LogP contribution in [0.4, 0.5) is 5.69 Å². The average molecular weight is 479 g/mol. The Labute approximate surface area is 200 Å². The number of hydrazine groups is 1. The zero-order valence-corrected chi connectivity index (χ0v) is 18.8. The lowest BCUT2D eigenvalue weighted by Gasteiger charge is -2.14. The van der Waals surface area contributed by atoms with E-state index in [1.807, 2.05) is 24.3 Å². The summed E-state index contributed by atoms with van der Waals surface area (Å²) in [5.41, 5.74) is 4.50. The second-order valence-electron chi connectivity index (χ2n) is 7.49. The molecule has 172 valence electrons. The average Bonchev–Trinajstić information content (AvgIpc) is 3.43. The quantitative estimate of drug-likeness (QED) is 0.424. The number of benzene rings is 3. The zero-order valence-electron chi connectivity index (χ0n) is 18.0. The third-order valence-electron chi connectivity index (χ3n) is 5.29. The molecule has 3 aromatic carbocycles. The van der Waals surface area contributed by atoms with E-state index < -0.39 is 11.8 Å². The summed E-state index contributed by atoms with van der Waals surface area (Å²) >= 11 is 6.48. The van der Waals surface area contributed by atoms with Crippen LogP contribution in [0.5, 0.6) is 23.0 Å². The minimum absolute atomic E-state index is 0.0176. The SMILES string of the molecule is COc1cc(/C=C2/C(=O)NN(c3ccccc3)C2=O)cc(Cl)c1OCc1ccc2c(c1)OCO2. The first kappa shape index (κ1) is 21.7. The predicted molar refractivity (Wildman–Crippen MR) is 125 cm³/mol. The first-order valence-corrected chi connectivity index (χ1v) is 10.7. The Balaban J connectivity index is 1.37. The van der Waals surface area contributed by atoms with E-state index in [2.05, 4.69) is 5.43 Å². The molecule has 0 aromatic heterocycles. The number of carbonyl (C=O) groups excluding carboxylic acids is 2. The molecule has 0 saturated carbocycles. The van der Waals surface area contributed by atoms with E-state index in [-0.39, 0.29) is 24.0 Å². The molecule has 1 fully saturated rings. The number of carbonyl (C=O) groups is 2. The number of methoxy groups -OCH3 is 1. The molecule has 0 bridgehead atoms. The Morgan fingerprint density at radius 1 is 1.06 bits per heavy atom. The smallest absolute Gasteiger partial charge is 0.282 e. The summed E-state index contributed by atoms with van der Waals surface area (Å²) in [7, 11) is 1.49. The van der Waals surface area contributed by atoms with Crippen molar-refractivity contribution in [1.82, 2.24) is 5.43 Å². The van der Waals surface area contributed by atoms with Crippen LogP contribution < -0.4 is 29.4 Å². The van der Waals surface area contributed by atoms with Crippen molar-refractivity contribution in [3.8, 4) is 23.0 Å². The fraction of sp³-hybridized carbons (Fsp3) is 0.120. The number of halogens is 1. The summed E-state index contributed by atoms with van der Waals surface area (Å²) in [6, 6.07) is 17.6. The summed E-state index contributed by atoms with van der Waals surface area (Å²) in [6.07, 6.45) is 1.47. The van der Waals surface area contributed by atoms with Crippen LogP contribution in [0.2, 0.25) is 5.02 Å². The molecule has 3 aromatic rings. The van der Waals surface area contributed by atoms with Crippen LogP contribution >= 0.6 is 11.6 Å². The fourth-order valence-electron chi connectivity index (χ4n) is 3.63. The molecular formula is C25H19ClN2O6. The van der Waals surface area contributed by atoms with Crippen molar-refractivity contribution in [2.45, 2.75) is 6.61 Å². The van der Waals surface area contributed by atoms with E-state index in [1.54, 1.807) is 36.4 Å². The van der Waals surface area contributed by atoms with Gasteiger partial charge in [-0.15, -0.1) is 0 Å². The molecule has 2 aliphatic rings. The molecule has 1 saturated heterocycles. The number of rotatable bonds is 6. The van der Waals surface area contributed by atoms with Crippen molar-refractivity contribution >= 4 is 35.2 Å². The Bertz CT molecular complexity index is 1310. The highest BCUT2D eigenvalue weighted by molar-refractivity contribution is 6.33. The number of hydrogen-bond acceptors (Lipinski definition) is 6. The highest BCUT2D eigenvalue weighted by atomic mass is 35.5. The van der Waals surface area contributed by atoms with Gasteiger partial charge in [0.25, 0.3) is 11.8 Å². The molecule has 9 heteroatoms. The van der Waals surface area contributed by atoms with E-state index >= 15 is 0 Å². The van der Waals surface area contributed by atoms with Crippen molar-refractivity contribution in [1.29, 1.82) is 0 Å². The monoisotopic (exact) mass is 478 g/mol. The Morgan fingerprint density at radius 3 is 2.65 bits per heavy atom. The van der Waals surface area contributed by atoms with Gasteiger partial charge in [-0.1, -0.05) is 35.9 Å². The Morgan fingerprint density at radius 2 is 1.85 bits per heavy atom. The molecule has 2 aliphatic heterocycles. The number of anilines is 1. The fourth-order valence-corrected chi connectivity index (χ4v) is 3.91. The molecule has 1 N–H and O–H groups in total. The molecule has 2 heterocycles. The van der Waals surface area contributed by atoms with Gasteiger partial charge in [0.05, 0.1) is 17.8 Å². The van der Waals surface area contributed by atoms with Crippen LogP contribution in [0.1, 0.15) is 11.1 Å². The summed E-state index contributed by atoms with van der Waals surface area (Å²) in [6.45, 7) is 0.417. The summed E-state index contributed by atoms with van der Waals surface area (Å²) in [5, 5.41) is 1.48. The summed E-state index contributed by atoms with van der Waals surface area (Å²) in [4.78, 5) is 25.3. The van der Waals surface area contributed by atoms with Crippen LogP contribution in [-0.2, 0) is 16.2 Å². The minimum atomic E-state index is -0.507. The molecule has 0 radical (unpaired) electrons. The van der Waals surface area contributed by atoms with E-state index in [4.69, 9.17) is 30.5 Å². The van der Waals surface area contributed by atoms with Gasteiger partial charge in [0, 0.05) is 0 Å². The minimum Gasteiger partial charge on any atom is -0.493 e. The van der Waals surface area contributed by atoms with Crippen molar-refractivity contribution in [2.75, 3.05) is 18.9 Å². The van der Waals surface area contributed by atoms with E-state index in [1.165, 1.54) is 18.2 Å². The summed E-state index contributed by atoms with van der Waals surface area (Å²) < 4.78 is 22.1. The van der Waals surface area contributed by atoms with Crippen LogP contribution in [0.3, 0.4) is 0 Å². The van der Waals surface area contributed by atoms with Gasteiger partial charge in [-0.3, -0.25) is 15.0 Å². The van der Waals surface area contributed by atoms with Gasteiger partial charge in [-0.25, -0.2) is 5.01 Å². The maximum Gasteiger partial charge on any atom is 0.282 e. The largest absolute Gasteiger partial charge is 0.493 e. The Hall–Kier alpha value is -4.17. The third kappa shape index (κ3) is 4.11. The maximum atomic E-state index is 12.8. The van der Waals surface area contributed by atoms with Gasteiger partial charge < -0.3 is 18.9 Å². The van der Waals surface area contributed by atoms with Gasteiger partial charge in [0.2, 0.25) is 6.79 Å². The topological polar surface area (TPSA) is 86.3 Å². The van der Waals surface area contributed by atoms with Gasteiger partial charge in [-0.2, -0.15) is 0 Å². The van der Waals surface area contributed by atoms with Crippen molar-refractivity contribution in [3.63, 3.8) is 0 Å². The van der Waals surface area contributed by atoms with Gasteiger partial charge in [-0.05, 0) is 53.6 Å². The van der Waals surface area contributed by atoms with Crippen molar-refractivity contribution in [3.05, 3.63) is 82.4 Å².